The summed E-state index contributed by atoms with van der Waals surface area (Å²) in [6.07, 6.45) is 1.57. The molecule has 1 aromatic heterocycles. The van der Waals surface area contributed by atoms with E-state index in [0.717, 1.165) is 11.6 Å². The highest BCUT2D eigenvalue weighted by atomic mass is 32.2. The molecule has 1 heterocycles. The van der Waals surface area contributed by atoms with E-state index in [-0.39, 0.29) is 10.6 Å². The summed E-state index contributed by atoms with van der Waals surface area (Å²) in [5.74, 6) is 0.647. The van der Waals surface area contributed by atoms with Crippen molar-refractivity contribution in [2.45, 2.75) is 11.8 Å². The van der Waals surface area contributed by atoms with Gasteiger partial charge < -0.3 is 4.57 Å². The van der Waals surface area contributed by atoms with E-state index in [2.05, 4.69) is 14.9 Å². The van der Waals surface area contributed by atoms with Crippen LogP contribution in [-0.4, -0.2) is 28.1 Å². The molecule has 2 aromatic carbocycles. The van der Waals surface area contributed by atoms with Crippen molar-refractivity contribution in [1.82, 2.24) is 14.8 Å². The third-order valence-electron chi connectivity index (χ3n) is 3.78. The third-order valence-corrected chi connectivity index (χ3v) is 5.30. The van der Waals surface area contributed by atoms with Crippen molar-refractivity contribution in [3.63, 3.8) is 0 Å². The fraction of sp³-hybridized carbons (Fsp3) is 0.125. The molecule has 0 atom stereocenters. The molecule has 9 nitrogen and oxygen atoms in total. The number of hydrogen-bond acceptors (Lipinski definition) is 6. The summed E-state index contributed by atoms with van der Waals surface area (Å²) in [4.78, 5) is 10.1. The van der Waals surface area contributed by atoms with Gasteiger partial charge in [-0.15, -0.1) is 10.2 Å². The van der Waals surface area contributed by atoms with Crippen LogP contribution in [0.2, 0.25) is 0 Å². The molecule has 0 spiro atoms. The lowest BCUT2D eigenvalue weighted by Crippen LogP contribution is -2.14. The zero-order valence-corrected chi connectivity index (χ0v) is 14.8. The summed E-state index contributed by atoms with van der Waals surface area (Å²) in [5, 5.41) is 18.7. The molecule has 1 N–H and O–H groups in total. The largest absolute Gasteiger partial charge is 0.317 e. The number of sulfonamides is 1. The first kappa shape index (κ1) is 17.5. The Kier molecular flexibility index (Phi) is 4.43. The van der Waals surface area contributed by atoms with Crippen molar-refractivity contribution < 1.29 is 13.3 Å². The lowest BCUT2D eigenvalue weighted by atomic mass is 10.2. The number of benzene rings is 2. The smallest absolute Gasteiger partial charge is 0.270 e. The molecule has 0 amide bonds. The molecular weight excluding hydrogens is 358 g/mol. The molecule has 0 aliphatic carbocycles. The molecule has 0 aliphatic rings. The zero-order valence-electron chi connectivity index (χ0n) is 13.9. The summed E-state index contributed by atoms with van der Waals surface area (Å²) >= 11 is 0. The molecule has 3 aromatic rings. The Bertz CT molecular complexity index is 1070. The number of nitrogens with one attached hydrogen (secondary N) is 1. The van der Waals surface area contributed by atoms with E-state index in [1.165, 1.54) is 12.1 Å². The maximum atomic E-state index is 12.6. The van der Waals surface area contributed by atoms with Gasteiger partial charge in [-0.05, 0) is 36.8 Å². The number of non-ortho nitro benzene ring substituents is 1. The van der Waals surface area contributed by atoms with E-state index in [4.69, 9.17) is 0 Å². The first-order valence-corrected chi connectivity index (χ1v) is 8.98. The Morgan fingerprint density at radius 2 is 1.85 bits per heavy atom. The normalized spacial score (nSPS) is 11.3. The highest BCUT2D eigenvalue weighted by molar-refractivity contribution is 7.92. The van der Waals surface area contributed by atoms with Gasteiger partial charge in [0.25, 0.3) is 15.7 Å². The van der Waals surface area contributed by atoms with Crippen molar-refractivity contribution >= 4 is 21.4 Å². The van der Waals surface area contributed by atoms with E-state index < -0.39 is 14.9 Å². The molecule has 0 aliphatic heterocycles. The predicted molar refractivity (Wildman–Crippen MR) is 95.1 cm³/mol. The number of aromatic nitrogens is 3. The van der Waals surface area contributed by atoms with Crippen LogP contribution in [-0.2, 0) is 17.1 Å². The number of rotatable bonds is 5. The van der Waals surface area contributed by atoms with Gasteiger partial charge in [-0.3, -0.25) is 14.8 Å². The van der Waals surface area contributed by atoms with Gasteiger partial charge in [-0.1, -0.05) is 6.07 Å². The average Bonchev–Trinajstić information content (AvgIpc) is 3.01. The summed E-state index contributed by atoms with van der Waals surface area (Å²) in [6.45, 7) is 1.58. The molecule has 134 valence electrons. The van der Waals surface area contributed by atoms with Gasteiger partial charge >= 0.3 is 0 Å². The van der Waals surface area contributed by atoms with Crippen LogP contribution in [0.3, 0.4) is 0 Å². The molecule has 0 saturated carbocycles. The van der Waals surface area contributed by atoms with Gasteiger partial charge in [-0.25, -0.2) is 8.42 Å². The van der Waals surface area contributed by atoms with Gasteiger partial charge in [-0.2, -0.15) is 0 Å². The first-order valence-electron chi connectivity index (χ1n) is 7.50. The SMILES string of the molecule is Cc1ccc([N+](=O)[O-])cc1S(=O)(=O)Nc1ccc(-c2nncn2C)cc1. The number of anilines is 1. The lowest BCUT2D eigenvalue weighted by Gasteiger charge is -2.11. The third kappa shape index (κ3) is 3.40. The second-order valence-electron chi connectivity index (χ2n) is 5.66. The van der Waals surface area contributed by atoms with Crippen LogP contribution >= 0.6 is 0 Å². The molecule has 3 rings (SSSR count). The minimum Gasteiger partial charge on any atom is -0.317 e. The minimum absolute atomic E-state index is 0.135. The van der Waals surface area contributed by atoms with Crippen LogP contribution in [0.5, 0.6) is 0 Å². The second kappa shape index (κ2) is 6.56. The van der Waals surface area contributed by atoms with Crippen molar-refractivity contribution in [1.29, 1.82) is 0 Å². The fourth-order valence-corrected chi connectivity index (χ4v) is 3.76. The highest BCUT2D eigenvalue weighted by Gasteiger charge is 2.20. The topological polar surface area (TPSA) is 120 Å². The van der Waals surface area contributed by atoms with Gasteiger partial charge in [0, 0.05) is 30.4 Å². The number of hydrogen-bond donors (Lipinski definition) is 1. The summed E-state index contributed by atoms with van der Waals surface area (Å²) in [6, 6.07) is 10.3. The summed E-state index contributed by atoms with van der Waals surface area (Å²) < 4.78 is 29.4. The van der Waals surface area contributed by atoms with E-state index in [9.17, 15) is 18.5 Å². The Morgan fingerprint density at radius 1 is 1.15 bits per heavy atom. The van der Waals surface area contributed by atoms with Crippen molar-refractivity contribution in [2.24, 2.45) is 7.05 Å². The maximum absolute atomic E-state index is 12.6. The fourth-order valence-electron chi connectivity index (χ4n) is 2.43. The molecule has 0 bridgehead atoms. The van der Waals surface area contributed by atoms with E-state index in [0.29, 0.717) is 17.1 Å². The van der Waals surface area contributed by atoms with Gasteiger partial charge in [0.2, 0.25) is 0 Å². The Labute approximate surface area is 149 Å². The quantitative estimate of drug-likeness (QED) is 0.542. The van der Waals surface area contributed by atoms with Crippen LogP contribution in [0.1, 0.15) is 5.56 Å². The standard InChI is InChI=1S/C16H15N5O4S/c1-11-3-8-14(21(22)23)9-15(11)26(24,25)19-13-6-4-12(5-7-13)16-18-17-10-20(16)2/h3-10,19H,1-2H3. The molecular formula is C16H15N5O4S. The number of nitro groups is 1. The second-order valence-corrected chi connectivity index (χ2v) is 7.31. The zero-order chi connectivity index (χ0) is 18.9. The van der Waals surface area contributed by atoms with E-state index >= 15 is 0 Å². The van der Waals surface area contributed by atoms with Crippen LogP contribution in [0, 0.1) is 17.0 Å². The predicted octanol–water partition coefficient (Wildman–Crippen LogP) is 2.50. The van der Waals surface area contributed by atoms with Gasteiger partial charge in [0.1, 0.15) is 6.33 Å². The summed E-state index contributed by atoms with van der Waals surface area (Å²) in [7, 11) is -2.16. The monoisotopic (exact) mass is 373 g/mol. The Morgan fingerprint density at radius 3 is 2.42 bits per heavy atom. The van der Waals surface area contributed by atoms with Crippen LogP contribution in [0.4, 0.5) is 11.4 Å². The molecule has 0 fully saturated rings. The first-order chi connectivity index (χ1) is 12.3. The Balaban J connectivity index is 1.90. The average molecular weight is 373 g/mol. The minimum atomic E-state index is -3.96. The van der Waals surface area contributed by atoms with Gasteiger partial charge in [0.15, 0.2) is 5.82 Å². The number of nitrogens with zero attached hydrogens (tertiary/aromatic N) is 4. The van der Waals surface area contributed by atoms with Crippen molar-refractivity contribution in [3.05, 3.63) is 64.5 Å². The van der Waals surface area contributed by atoms with Crippen LogP contribution in [0.15, 0.2) is 53.7 Å². The highest BCUT2D eigenvalue weighted by Crippen LogP contribution is 2.25. The maximum Gasteiger partial charge on any atom is 0.270 e. The number of nitro benzene ring substituents is 1. The molecule has 0 unspecified atom stereocenters. The molecule has 26 heavy (non-hydrogen) atoms. The molecule has 0 saturated heterocycles. The lowest BCUT2D eigenvalue weighted by molar-refractivity contribution is -0.385. The summed E-state index contributed by atoms with van der Waals surface area (Å²) in [5.41, 5.74) is 1.24. The van der Waals surface area contributed by atoms with Gasteiger partial charge in [0.05, 0.1) is 9.82 Å². The van der Waals surface area contributed by atoms with Crippen LogP contribution < -0.4 is 4.72 Å². The van der Waals surface area contributed by atoms with Crippen molar-refractivity contribution in [3.8, 4) is 11.4 Å². The van der Waals surface area contributed by atoms with Crippen molar-refractivity contribution in [2.75, 3.05) is 4.72 Å². The van der Waals surface area contributed by atoms with E-state index in [1.807, 2.05) is 0 Å². The van der Waals surface area contributed by atoms with E-state index in [1.54, 1.807) is 49.1 Å². The van der Waals surface area contributed by atoms with Crippen LogP contribution in [0.25, 0.3) is 11.4 Å². The molecule has 10 heteroatoms. The Hall–Kier alpha value is -3.27. The number of aryl methyl sites for hydroxylation is 2. The molecule has 0 radical (unpaired) electrons.